The largest absolute Gasteiger partial charge is 0.463 e. The van der Waals surface area contributed by atoms with Crippen molar-refractivity contribution < 1.29 is 4.42 Å². The van der Waals surface area contributed by atoms with E-state index in [0.29, 0.717) is 6.04 Å². The molecule has 1 unspecified atom stereocenters. The predicted molar refractivity (Wildman–Crippen MR) is 85.0 cm³/mol. The van der Waals surface area contributed by atoms with Gasteiger partial charge in [-0.2, -0.15) is 0 Å². The third-order valence-electron chi connectivity index (χ3n) is 3.50. The minimum absolute atomic E-state index is 0.510. The van der Waals surface area contributed by atoms with Gasteiger partial charge in [0.25, 0.3) is 0 Å². The summed E-state index contributed by atoms with van der Waals surface area (Å²) < 4.78 is 5.84. The predicted octanol–water partition coefficient (Wildman–Crippen LogP) is 3.51. The molecule has 1 N–H and O–H groups in total. The maximum atomic E-state index is 5.84. The number of thiophene rings is 1. The molecule has 2 rings (SSSR count). The van der Waals surface area contributed by atoms with Crippen LogP contribution in [0.2, 0.25) is 0 Å². The van der Waals surface area contributed by atoms with Crippen molar-refractivity contribution in [3.8, 4) is 0 Å². The quantitative estimate of drug-likeness (QED) is 0.807. The summed E-state index contributed by atoms with van der Waals surface area (Å²) in [4.78, 5) is 3.78. The molecule has 0 fully saturated rings. The van der Waals surface area contributed by atoms with Crippen molar-refractivity contribution in [1.29, 1.82) is 0 Å². The molecule has 0 saturated heterocycles. The Bertz CT molecular complexity index is 492. The highest BCUT2D eigenvalue weighted by atomic mass is 32.1. The van der Waals surface area contributed by atoms with E-state index >= 15 is 0 Å². The fourth-order valence-corrected chi connectivity index (χ4v) is 2.95. The Labute approximate surface area is 125 Å². The molecule has 0 aliphatic heterocycles. The molecule has 0 aliphatic rings. The molecular formula is C16H24N2OS. The van der Waals surface area contributed by atoms with Gasteiger partial charge in [-0.05, 0) is 50.5 Å². The minimum Gasteiger partial charge on any atom is -0.463 e. The van der Waals surface area contributed by atoms with Crippen LogP contribution in [0.3, 0.4) is 0 Å². The highest BCUT2D eigenvalue weighted by molar-refractivity contribution is 7.09. The number of hydrogen-bond acceptors (Lipinski definition) is 4. The lowest BCUT2D eigenvalue weighted by Gasteiger charge is -2.23. The lowest BCUT2D eigenvalue weighted by molar-refractivity contribution is 0.227. The molecule has 110 valence electrons. The van der Waals surface area contributed by atoms with E-state index in [2.05, 4.69) is 60.8 Å². The van der Waals surface area contributed by atoms with Gasteiger partial charge in [0.1, 0.15) is 11.5 Å². The first-order valence-corrected chi connectivity index (χ1v) is 8.08. The first-order valence-electron chi connectivity index (χ1n) is 7.20. The van der Waals surface area contributed by atoms with Crippen LogP contribution in [0.15, 0.2) is 34.1 Å². The Morgan fingerprint density at radius 1 is 1.30 bits per heavy atom. The number of rotatable bonds is 8. The van der Waals surface area contributed by atoms with Gasteiger partial charge in [0.15, 0.2) is 0 Å². The van der Waals surface area contributed by atoms with Crippen LogP contribution in [0.25, 0.3) is 0 Å². The van der Waals surface area contributed by atoms with Gasteiger partial charge in [0.05, 0.1) is 13.1 Å². The number of likely N-dealkylation sites (N-methyl/N-ethyl adjacent to an activating group) is 1. The Balaban J connectivity index is 1.83. The summed E-state index contributed by atoms with van der Waals surface area (Å²) in [6.07, 6.45) is 1.10. The molecule has 0 aromatic carbocycles. The van der Waals surface area contributed by atoms with Crippen molar-refractivity contribution in [2.75, 3.05) is 13.6 Å². The fourth-order valence-electron chi connectivity index (χ4n) is 2.13. The maximum absolute atomic E-state index is 5.84. The van der Waals surface area contributed by atoms with E-state index in [1.165, 1.54) is 4.88 Å². The van der Waals surface area contributed by atoms with Gasteiger partial charge in [0, 0.05) is 10.9 Å². The molecule has 0 spiro atoms. The Kier molecular flexibility index (Phi) is 5.83. The molecule has 0 bridgehead atoms. The number of hydrogen-bond donors (Lipinski definition) is 1. The summed E-state index contributed by atoms with van der Waals surface area (Å²) in [5.74, 6) is 2.06. The zero-order valence-corrected chi connectivity index (χ0v) is 13.4. The average Bonchev–Trinajstić information content (AvgIpc) is 3.08. The Morgan fingerprint density at radius 3 is 2.80 bits per heavy atom. The smallest absolute Gasteiger partial charge is 0.118 e. The summed E-state index contributed by atoms with van der Waals surface area (Å²) in [6.45, 7) is 7.00. The van der Waals surface area contributed by atoms with Crippen LogP contribution in [-0.4, -0.2) is 24.5 Å². The lowest BCUT2D eigenvalue weighted by atomic mass is 10.2. The third-order valence-corrected chi connectivity index (χ3v) is 4.40. The fraction of sp³-hybridized carbons (Fsp3) is 0.500. The summed E-state index contributed by atoms with van der Waals surface area (Å²) in [7, 11) is 2.16. The summed E-state index contributed by atoms with van der Waals surface area (Å²) in [5.41, 5.74) is 0. The van der Waals surface area contributed by atoms with Crippen molar-refractivity contribution in [2.45, 2.75) is 39.4 Å². The average molecular weight is 292 g/mol. The standard InChI is InChI=1S/C16H24N2OS/c1-4-17-11-14-7-8-15(19-14)12-18(3)13(2)10-16-6-5-9-20-16/h5-9,13,17H,4,10-12H2,1-3H3. The van der Waals surface area contributed by atoms with Gasteiger partial charge in [-0.1, -0.05) is 13.0 Å². The summed E-state index contributed by atoms with van der Waals surface area (Å²) in [5, 5.41) is 5.42. The summed E-state index contributed by atoms with van der Waals surface area (Å²) >= 11 is 1.83. The molecule has 20 heavy (non-hydrogen) atoms. The van der Waals surface area contributed by atoms with Crippen molar-refractivity contribution >= 4 is 11.3 Å². The zero-order valence-electron chi connectivity index (χ0n) is 12.6. The summed E-state index contributed by atoms with van der Waals surface area (Å²) in [6, 6.07) is 8.98. The second-order valence-electron chi connectivity index (χ2n) is 5.20. The van der Waals surface area contributed by atoms with Crippen LogP contribution < -0.4 is 5.32 Å². The van der Waals surface area contributed by atoms with Crippen LogP contribution in [0.5, 0.6) is 0 Å². The van der Waals surface area contributed by atoms with E-state index < -0.39 is 0 Å². The molecule has 3 nitrogen and oxygen atoms in total. The van der Waals surface area contributed by atoms with E-state index in [9.17, 15) is 0 Å². The lowest BCUT2D eigenvalue weighted by Crippen LogP contribution is -2.30. The first kappa shape index (κ1) is 15.3. The molecule has 2 aromatic heterocycles. The van der Waals surface area contributed by atoms with E-state index in [0.717, 1.165) is 37.6 Å². The SMILES string of the molecule is CCNCc1ccc(CN(C)C(C)Cc2cccs2)o1. The van der Waals surface area contributed by atoms with Gasteiger partial charge < -0.3 is 9.73 Å². The van der Waals surface area contributed by atoms with E-state index in [4.69, 9.17) is 4.42 Å². The van der Waals surface area contributed by atoms with Crippen molar-refractivity contribution in [3.05, 3.63) is 46.0 Å². The number of nitrogens with zero attached hydrogens (tertiary/aromatic N) is 1. The molecule has 0 aliphatic carbocycles. The number of furan rings is 1. The van der Waals surface area contributed by atoms with E-state index in [1.54, 1.807) is 0 Å². The van der Waals surface area contributed by atoms with Crippen LogP contribution in [0, 0.1) is 0 Å². The normalized spacial score (nSPS) is 13.0. The number of nitrogens with one attached hydrogen (secondary N) is 1. The van der Waals surface area contributed by atoms with Gasteiger partial charge >= 0.3 is 0 Å². The van der Waals surface area contributed by atoms with Gasteiger partial charge in [0.2, 0.25) is 0 Å². The Hall–Kier alpha value is -1.10. The van der Waals surface area contributed by atoms with Gasteiger partial charge in [-0.3, -0.25) is 4.90 Å². The van der Waals surface area contributed by atoms with Crippen molar-refractivity contribution in [2.24, 2.45) is 0 Å². The molecule has 2 aromatic rings. The van der Waals surface area contributed by atoms with Gasteiger partial charge in [-0.25, -0.2) is 0 Å². The molecule has 2 heterocycles. The molecule has 0 saturated carbocycles. The van der Waals surface area contributed by atoms with Crippen molar-refractivity contribution in [1.82, 2.24) is 10.2 Å². The zero-order chi connectivity index (χ0) is 14.4. The molecule has 0 radical (unpaired) electrons. The Morgan fingerprint density at radius 2 is 2.10 bits per heavy atom. The molecule has 1 atom stereocenters. The van der Waals surface area contributed by atoms with E-state index in [1.807, 2.05) is 11.3 Å². The van der Waals surface area contributed by atoms with Crippen LogP contribution in [0.4, 0.5) is 0 Å². The van der Waals surface area contributed by atoms with Crippen LogP contribution >= 0.6 is 11.3 Å². The monoisotopic (exact) mass is 292 g/mol. The molecule has 0 amide bonds. The molecule has 4 heteroatoms. The molecular weight excluding hydrogens is 268 g/mol. The highest BCUT2D eigenvalue weighted by Gasteiger charge is 2.13. The van der Waals surface area contributed by atoms with Crippen molar-refractivity contribution in [3.63, 3.8) is 0 Å². The highest BCUT2D eigenvalue weighted by Crippen LogP contribution is 2.16. The topological polar surface area (TPSA) is 28.4 Å². The van der Waals surface area contributed by atoms with Crippen LogP contribution in [-0.2, 0) is 19.5 Å². The second-order valence-corrected chi connectivity index (χ2v) is 6.23. The van der Waals surface area contributed by atoms with E-state index in [-0.39, 0.29) is 0 Å². The second kappa shape index (κ2) is 7.62. The van der Waals surface area contributed by atoms with Crippen LogP contribution in [0.1, 0.15) is 30.2 Å². The first-order chi connectivity index (χ1) is 9.69. The minimum atomic E-state index is 0.510. The maximum Gasteiger partial charge on any atom is 0.118 e. The third kappa shape index (κ3) is 4.47. The van der Waals surface area contributed by atoms with Gasteiger partial charge in [-0.15, -0.1) is 11.3 Å².